The molecule has 2 heterocycles. The molecule has 4 aromatic rings. The second-order valence-electron chi connectivity index (χ2n) is 7.27. The van der Waals surface area contributed by atoms with Crippen molar-refractivity contribution in [2.75, 3.05) is 11.1 Å². The van der Waals surface area contributed by atoms with Crippen LogP contribution in [0.25, 0.3) is 11.4 Å². The maximum atomic E-state index is 12.7. The minimum atomic E-state index is -0.140. The number of amides is 1. The lowest BCUT2D eigenvalue weighted by molar-refractivity contribution is -0.113. The number of aromatic nitrogens is 6. The lowest BCUT2D eigenvalue weighted by Crippen LogP contribution is -2.16. The molecule has 1 N–H and O–H groups in total. The highest BCUT2D eigenvalue weighted by Gasteiger charge is 2.17. The maximum Gasteiger partial charge on any atom is 0.234 e. The number of nitrogens with zero attached hydrogens (tertiary/aromatic N) is 6. The van der Waals surface area contributed by atoms with Gasteiger partial charge in [-0.25, -0.2) is 4.68 Å². The zero-order valence-electron chi connectivity index (χ0n) is 17.8. The van der Waals surface area contributed by atoms with Gasteiger partial charge in [-0.3, -0.25) is 4.79 Å². The van der Waals surface area contributed by atoms with Crippen LogP contribution in [-0.4, -0.2) is 41.6 Å². The highest BCUT2D eigenvalue weighted by atomic mass is 32.2. The Labute approximate surface area is 184 Å². The van der Waals surface area contributed by atoms with Crippen molar-refractivity contribution < 1.29 is 4.79 Å². The molecule has 0 aliphatic rings. The largest absolute Gasteiger partial charge is 0.322 e. The van der Waals surface area contributed by atoms with Gasteiger partial charge >= 0.3 is 0 Å². The van der Waals surface area contributed by atoms with E-state index in [1.165, 1.54) is 17.3 Å². The fraction of sp³-hybridized carbons (Fsp3) is 0.227. The summed E-state index contributed by atoms with van der Waals surface area (Å²) in [5, 5.41) is 20.0. The van der Waals surface area contributed by atoms with Gasteiger partial charge in [-0.2, -0.15) is 9.78 Å². The number of anilines is 1. The van der Waals surface area contributed by atoms with Crippen LogP contribution in [0.5, 0.6) is 0 Å². The molecule has 0 aliphatic heterocycles. The number of para-hydroxylation sites is 1. The van der Waals surface area contributed by atoms with Crippen molar-refractivity contribution in [3.63, 3.8) is 0 Å². The molecule has 0 spiro atoms. The second-order valence-corrected chi connectivity index (χ2v) is 8.21. The van der Waals surface area contributed by atoms with Crippen molar-refractivity contribution in [2.45, 2.75) is 32.9 Å². The van der Waals surface area contributed by atoms with Crippen molar-refractivity contribution in [1.82, 2.24) is 30.0 Å². The Morgan fingerprint density at radius 1 is 0.968 bits per heavy atom. The summed E-state index contributed by atoms with van der Waals surface area (Å²) in [4.78, 5) is 12.7. The van der Waals surface area contributed by atoms with E-state index < -0.39 is 0 Å². The second kappa shape index (κ2) is 8.73. The fourth-order valence-electron chi connectivity index (χ4n) is 3.24. The summed E-state index contributed by atoms with van der Waals surface area (Å²) in [6, 6.07) is 15.9. The third-order valence-electron chi connectivity index (χ3n) is 5.06. The quantitative estimate of drug-likeness (QED) is 0.465. The van der Waals surface area contributed by atoms with Crippen molar-refractivity contribution in [2.24, 2.45) is 0 Å². The molecule has 0 atom stereocenters. The third-order valence-corrected chi connectivity index (χ3v) is 5.98. The van der Waals surface area contributed by atoms with Crippen LogP contribution in [0.1, 0.15) is 22.5 Å². The van der Waals surface area contributed by atoms with Crippen LogP contribution in [0.2, 0.25) is 0 Å². The first kappa shape index (κ1) is 20.8. The Kier molecular flexibility index (Phi) is 5.85. The zero-order chi connectivity index (χ0) is 22.0. The monoisotopic (exact) mass is 433 g/mol. The molecule has 0 fully saturated rings. The average molecular weight is 434 g/mol. The van der Waals surface area contributed by atoms with Crippen LogP contribution in [0, 0.1) is 27.7 Å². The van der Waals surface area contributed by atoms with Crippen LogP contribution >= 0.6 is 11.8 Å². The number of carbonyl (C=O) groups is 1. The van der Waals surface area contributed by atoms with Gasteiger partial charge in [-0.1, -0.05) is 36.0 Å². The molecule has 0 aliphatic carbocycles. The number of thioether (sulfide) groups is 1. The molecule has 0 radical (unpaired) electrons. The predicted octanol–water partition coefficient (Wildman–Crippen LogP) is 3.81. The minimum absolute atomic E-state index is 0.140. The molecule has 1 amide bonds. The molecule has 0 unspecified atom stereocenters. The fourth-order valence-corrected chi connectivity index (χ4v) is 3.93. The molecule has 0 saturated heterocycles. The summed E-state index contributed by atoms with van der Waals surface area (Å²) in [6.45, 7) is 7.93. The molecule has 31 heavy (non-hydrogen) atoms. The van der Waals surface area contributed by atoms with E-state index in [1.54, 1.807) is 4.68 Å². The van der Waals surface area contributed by atoms with E-state index in [2.05, 4.69) is 32.9 Å². The van der Waals surface area contributed by atoms with Gasteiger partial charge < -0.3 is 5.32 Å². The number of tetrazole rings is 1. The first-order valence-corrected chi connectivity index (χ1v) is 10.8. The van der Waals surface area contributed by atoms with Crippen LogP contribution in [0.15, 0.2) is 53.7 Å². The Morgan fingerprint density at radius 2 is 1.74 bits per heavy atom. The van der Waals surface area contributed by atoms with Crippen LogP contribution in [0.4, 0.5) is 5.69 Å². The molecule has 0 saturated carbocycles. The van der Waals surface area contributed by atoms with E-state index in [-0.39, 0.29) is 11.7 Å². The van der Waals surface area contributed by atoms with Crippen molar-refractivity contribution in [3.05, 3.63) is 71.0 Å². The lowest BCUT2D eigenvalue weighted by atomic mass is 10.1. The average Bonchev–Trinajstić information content (AvgIpc) is 3.35. The summed E-state index contributed by atoms with van der Waals surface area (Å²) in [5.74, 6) is 0.0408. The molecule has 2 aromatic carbocycles. The van der Waals surface area contributed by atoms with Gasteiger partial charge in [0.05, 0.1) is 34.2 Å². The van der Waals surface area contributed by atoms with Crippen molar-refractivity contribution in [1.29, 1.82) is 0 Å². The van der Waals surface area contributed by atoms with Crippen molar-refractivity contribution >= 4 is 23.4 Å². The van der Waals surface area contributed by atoms with Crippen LogP contribution in [0.3, 0.4) is 0 Å². The Bertz CT molecular complexity index is 1230. The predicted molar refractivity (Wildman–Crippen MR) is 121 cm³/mol. The first-order valence-electron chi connectivity index (χ1n) is 9.84. The van der Waals surface area contributed by atoms with E-state index in [0.29, 0.717) is 5.16 Å². The van der Waals surface area contributed by atoms with E-state index in [9.17, 15) is 4.79 Å². The molecular weight excluding hydrogens is 410 g/mol. The Hall–Kier alpha value is -3.46. The SMILES string of the molecule is Cc1ccc(-n2nnnc2SCC(=O)Nc2c(C)nn(-c3ccccc3)c2C)cc1C. The van der Waals surface area contributed by atoms with Gasteiger partial charge in [0.25, 0.3) is 0 Å². The summed E-state index contributed by atoms with van der Waals surface area (Å²) in [6.07, 6.45) is 0. The number of aryl methyl sites for hydroxylation is 3. The number of hydrogen-bond acceptors (Lipinski definition) is 6. The van der Waals surface area contributed by atoms with Gasteiger partial charge in [0.2, 0.25) is 11.1 Å². The van der Waals surface area contributed by atoms with Gasteiger partial charge in [0.15, 0.2) is 0 Å². The summed E-state index contributed by atoms with van der Waals surface area (Å²) in [7, 11) is 0. The number of benzene rings is 2. The van der Waals surface area contributed by atoms with Crippen molar-refractivity contribution in [3.8, 4) is 11.4 Å². The highest BCUT2D eigenvalue weighted by molar-refractivity contribution is 7.99. The molecule has 4 rings (SSSR count). The molecule has 158 valence electrons. The zero-order valence-corrected chi connectivity index (χ0v) is 18.6. The Balaban J connectivity index is 1.46. The third kappa shape index (κ3) is 4.36. The smallest absolute Gasteiger partial charge is 0.234 e. The number of nitrogens with one attached hydrogen (secondary N) is 1. The van der Waals surface area contributed by atoms with E-state index >= 15 is 0 Å². The molecule has 9 heteroatoms. The van der Waals surface area contributed by atoms with E-state index in [1.807, 2.05) is 74.0 Å². The van der Waals surface area contributed by atoms with Crippen LogP contribution in [-0.2, 0) is 4.79 Å². The number of carbonyl (C=O) groups excluding carboxylic acids is 1. The summed E-state index contributed by atoms with van der Waals surface area (Å²) >= 11 is 1.29. The van der Waals surface area contributed by atoms with E-state index in [4.69, 9.17) is 0 Å². The lowest BCUT2D eigenvalue weighted by Gasteiger charge is -2.08. The molecule has 8 nitrogen and oxygen atoms in total. The topological polar surface area (TPSA) is 90.5 Å². The minimum Gasteiger partial charge on any atom is -0.322 e. The summed E-state index contributed by atoms with van der Waals surface area (Å²) in [5.41, 5.74) is 6.54. The number of rotatable bonds is 6. The van der Waals surface area contributed by atoms with Gasteiger partial charge in [-0.15, -0.1) is 5.10 Å². The summed E-state index contributed by atoms with van der Waals surface area (Å²) < 4.78 is 3.48. The first-order chi connectivity index (χ1) is 14.9. The molecule has 0 bridgehead atoms. The Morgan fingerprint density at radius 3 is 2.48 bits per heavy atom. The number of hydrogen-bond donors (Lipinski definition) is 1. The van der Waals surface area contributed by atoms with Crippen LogP contribution < -0.4 is 5.32 Å². The molecule has 2 aromatic heterocycles. The maximum absolute atomic E-state index is 12.7. The highest BCUT2D eigenvalue weighted by Crippen LogP contribution is 2.24. The normalized spacial score (nSPS) is 11.0. The molecular formula is C22H23N7OS. The van der Waals surface area contributed by atoms with Gasteiger partial charge in [0.1, 0.15) is 0 Å². The standard InChI is InChI=1S/C22H23N7OS/c1-14-10-11-19(12-15(14)2)29-22(24-26-27-29)31-13-20(30)23-21-16(3)25-28(17(21)4)18-8-6-5-7-9-18/h5-12H,13H2,1-4H3,(H,23,30). The van der Waals surface area contributed by atoms with Gasteiger partial charge in [0, 0.05) is 0 Å². The van der Waals surface area contributed by atoms with E-state index in [0.717, 1.165) is 34.0 Å². The van der Waals surface area contributed by atoms with Gasteiger partial charge in [-0.05, 0) is 73.5 Å².